The molecule has 0 amide bonds. The number of hydrogen-bond donors (Lipinski definition) is 3. The van der Waals surface area contributed by atoms with Gasteiger partial charge < -0.3 is 29.5 Å². The van der Waals surface area contributed by atoms with Gasteiger partial charge in [0.2, 0.25) is 0 Å². The number of rotatable bonds is 11. The first kappa shape index (κ1) is 27.2. The maximum Gasteiger partial charge on any atom is 0.341 e. The molecule has 2 aromatic carbocycles. The van der Waals surface area contributed by atoms with Crippen molar-refractivity contribution < 1.29 is 34.3 Å². The van der Waals surface area contributed by atoms with E-state index in [1.165, 1.54) is 13.2 Å². The van der Waals surface area contributed by atoms with Gasteiger partial charge in [-0.05, 0) is 52.7 Å². The number of carbonyl (C=O) groups is 1. The molecule has 0 spiro atoms. The van der Waals surface area contributed by atoms with E-state index in [1.807, 2.05) is 38.1 Å². The van der Waals surface area contributed by atoms with E-state index in [2.05, 4.69) is 20.9 Å². The van der Waals surface area contributed by atoms with Gasteiger partial charge in [-0.3, -0.25) is 4.99 Å². The number of ether oxygens (including phenoxy) is 3. The summed E-state index contributed by atoms with van der Waals surface area (Å²) < 4.78 is 16.9. The summed E-state index contributed by atoms with van der Waals surface area (Å²) >= 11 is 3.36. The van der Waals surface area contributed by atoms with E-state index < -0.39 is 22.7 Å². The second-order valence-electron chi connectivity index (χ2n) is 8.29. The number of hydrogen-bond acceptors (Lipinski definition) is 7. The first-order valence-corrected chi connectivity index (χ1v) is 11.3. The number of aliphatic carboxylic acids is 1. The summed E-state index contributed by atoms with van der Waals surface area (Å²) in [7, 11) is 3.07. The van der Waals surface area contributed by atoms with Crippen LogP contribution in [0.2, 0.25) is 0 Å². The Labute approximate surface area is 207 Å². The number of benzene rings is 2. The molecular weight excluding hydrogens is 506 g/mol. The van der Waals surface area contributed by atoms with Gasteiger partial charge in [-0.2, -0.15) is 0 Å². The molecule has 0 saturated heterocycles. The highest BCUT2D eigenvalue weighted by Crippen LogP contribution is 2.37. The fourth-order valence-electron chi connectivity index (χ4n) is 2.75. The van der Waals surface area contributed by atoms with Crippen molar-refractivity contribution in [2.24, 2.45) is 10.4 Å². The summed E-state index contributed by atoms with van der Waals surface area (Å²) in [4.78, 5) is 16.1. The third-order valence-corrected chi connectivity index (χ3v) is 6.17. The lowest BCUT2D eigenvalue weighted by molar-refractivity contribution is -0.132. The highest BCUT2D eigenvalue weighted by molar-refractivity contribution is 9.10. The zero-order valence-electron chi connectivity index (χ0n) is 19.8. The predicted octanol–water partition coefficient (Wildman–Crippen LogP) is 4.88. The standard InChI is InChI=1S/C25H30BrNO7/c1-15(25(2,3)14-28)27-12-19(24(30)31)23(29)18-10-22(21(33-5)11-20(18)26)34-13-16-6-8-17(32-4)9-7-16/h6-12,15,28-29H,13-14H2,1-5H3,(H,30,31). The molecule has 0 fully saturated rings. The summed E-state index contributed by atoms with van der Waals surface area (Å²) in [5, 5.41) is 30.1. The second-order valence-corrected chi connectivity index (χ2v) is 9.14. The van der Waals surface area contributed by atoms with Crippen LogP contribution in [-0.2, 0) is 11.4 Å². The Morgan fingerprint density at radius 1 is 1.12 bits per heavy atom. The molecule has 2 aromatic rings. The van der Waals surface area contributed by atoms with E-state index >= 15 is 0 Å². The van der Waals surface area contributed by atoms with Crippen LogP contribution in [0.4, 0.5) is 0 Å². The first-order valence-electron chi connectivity index (χ1n) is 10.5. The van der Waals surface area contributed by atoms with Crippen molar-refractivity contribution in [3.8, 4) is 17.2 Å². The number of halogens is 1. The minimum Gasteiger partial charge on any atom is -0.506 e. The number of carboxylic acid groups (broad SMARTS) is 1. The first-order chi connectivity index (χ1) is 16.0. The van der Waals surface area contributed by atoms with Crippen LogP contribution in [-0.4, -0.2) is 54.4 Å². The number of nitrogens with zero attached hydrogens (tertiary/aromatic N) is 1. The van der Waals surface area contributed by atoms with E-state index in [0.717, 1.165) is 17.5 Å². The maximum absolute atomic E-state index is 11.9. The lowest BCUT2D eigenvalue weighted by Gasteiger charge is -2.26. The number of methoxy groups -OCH3 is 2. The van der Waals surface area contributed by atoms with Gasteiger partial charge in [0, 0.05) is 21.7 Å². The van der Waals surface area contributed by atoms with Gasteiger partial charge in [0.25, 0.3) is 0 Å². The molecule has 184 valence electrons. The monoisotopic (exact) mass is 535 g/mol. The van der Waals surface area contributed by atoms with Crippen LogP contribution in [0.3, 0.4) is 0 Å². The van der Waals surface area contributed by atoms with Crippen molar-refractivity contribution >= 4 is 33.9 Å². The summed E-state index contributed by atoms with van der Waals surface area (Å²) in [6, 6.07) is 10.0. The quantitative estimate of drug-likeness (QED) is 0.213. The molecular formula is C25H30BrNO7. The number of carboxylic acids is 1. The molecule has 34 heavy (non-hydrogen) atoms. The summed E-state index contributed by atoms with van der Waals surface area (Å²) in [6.45, 7) is 5.48. The van der Waals surface area contributed by atoms with Crippen LogP contribution in [0.15, 0.2) is 51.4 Å². The van der Waals surface area contributed by atoms with Gasteiger partial charge in [0.05, 0.1) is 26.9 Å². The van der Waals surface area contributed by atoms with Crippen LogP contribution >= 0.6 is 15.9 Å². The third kappa shape index (κ3) is 6.74. The zero-order chi connectivity index (χ0) is 25.5. The van der Waals surface area contributed by atoms with Crippen LogP contribution < -0.4 is 14.2 Å². The maximum atomic E-state index is 11.9. The van der Waals surface area contributed by atoms with Crippen LogP contribution in [0.1, 0.15) is 31.9 Å². The normalized spacial score (nSPS) is 13.4. The third-order valence-electron chi connectivity index (χ3n) is 5.51. The molecule has 0 aliphatic rings. The average molecular weight is 536 g/mol. The van der Waals surface area contributed by atoms with Crippen LogP contribution in [0.5, 0.6) is 17.2 Å². The van der Waals surface area contributed by atoms with Gasteiger partial charge >= 0.3 is 5.97 Å². The molecule has 0 aliphatic carbocycles. The minimum atomic E-state index is -1.35. The van der Waals surface area contributed by atoms with Gasteiger partial charge in [0.15, 0.2) is 11.5 Å². The highest BCUT2D eigenvalue weighted by Gasteiger charge is 2.25. The molecule has 1 unspecified atom stereocenters. The zero-order valence-corrected chi connectivity index (χ0v) is 21.4. The molecule has 0 heterocycles. The molecule has 1 atom stereocenters. The molecule has 0 bridgehead atoms. The fraction of sp³-hybridized carbons (Fsp3) is 0.360. The lowest BCUT2D eigenvalue weighted by Crippen LogP contribution is -2.29. The number of aliphatic hydroxyl groups excluding tert-OH is 2. The Hall–Kier alpha value is -3.04. The summed E-state index contributed by atoms with van der Waals surface area (Å²) in [5.74, 6) is -0.394. The van der Waals surface area contributed by atoms with Crippen molar-refractivity contribution in [1.29, 1.82) is 0 Å². The lowest BCUT2D eigenvalue weighted by atomic mass is 9.87. The molecule has 0 saturated carbocycles. The topological polar surface area (TPSA) is 118 Å². The van der Waals surface area contributed by atoms with Crippen molar-refractivity contribution in [1.82, 2.24) is 0 Å². The molecule has 0 radical (unpaired) electrons. The molecule has 0 aromatic heterocycles. The smallest absolute Gasteiger partial charge is 0.341 e. The summed E-state index contributed by atoms with van der Waals surface area (Å²) in [5.41, 5.74) is 0.126. The number of aliphatic hydroxyl groups is 2. The Morgan fingerprint density at radius 3 is 2.29 bits per heavy atom. The van der Waals surface area contributed by atoms with Crippen molar-refractivity contribution in [3.05, 3.63) is 57.6 Å². The van der Waals surface area contributed by atoms with Crippen molar-refractivity contribution in [2.75, 3.05) is 20.8 Å². The Morgan fingerprint density at radius 2 is 1.76 bits per heavy atom. The SMILES string of the molecule is COc1ccc(COc2cc(C(O)=C(C=NC(C)C(C)(C)CO)C(=O)O)c(Br)cc2OC)cc1. The van der Waals surface area contributed by atoms with E-state index in [1.54, 1.807) is 20.1 Å². The molecule has 2 rings (SSSR count). The molecule has 9 heteroatoms. The second kappa shape index (κ2) is 11.9. The van der Waals surface area contributed by atoms with E-state index in [9.17, 15) is 20.1 Å². The van der Waals surface area contributed by atoms with Crippen LogP contribution in [0, 0.1) is 5.41 Å². The highest BCUT2D eigenvalue weighted by atomic mass is 79.9. The predicted molar refractivity (Wildman–Crippen MR) is 134 cm³/mol. The van der Waals surface area contributed by atoms with Crippen molar-refractivity contribution in [3.63, 3.8) is 0 Å². The molecule has 3 N–H and O–H groups in total. The largest absolute Gasteiger partial charge is 0.506 e. The van der Waals surface area contributed by atoms with E-state index in [4.69, 9.17) is 14.2 Å². The average Bonchev–Trinajstić information content (AvgIpc) is 2.82. The Kier molecular flexibility index (Phi) is 9.52. The van der Waals surface area contributed by atoms with Crippen molar-refractivity contribution in [2.45, 2.75) is 33.4 Å². The Bertz CT molecular complexity index is 1060. The Balaban J connectivity index is 2.42. The van der Waals surface area contributed by atoms with Gasteiger partial charge in [-0.15, -0.1) is 0 Å². The van der Waals surface area contributed by atoms with Crippen LogP contribution in [0.25, 0.3) is 5.76 Å². The minimum absolute atomic E-state index is 0.122. The van der Waals surface area contributed by atoms with E-state index in [-0.39, 0.29) is 24.8 Å². The van der Waals surface area contributed by atoms with E-state index in [0.29, 0.717) is 16.0 Å². The molecule has 0 aliphatic heterocycles. The van der Waals surface area contributed by atoms with Gasteiger partial charge in [-0.25, -0.2) is 4.79 Å². The van der Waals surface area contributed by atoms with Gasteiger partial charge in [0.1, 0.15) is 23.7 Å². The summed E-state index contributed by atoms with van der Waals surface area (Å²) in [6.07, 6.45) is 1.11. The number of aliphatic imine (C=N–C) groups is 1. The van der Waals surface area contributed by atoms with Gasteiger partial charge in [-0.1, -0.05) is 26.0 Å². The fourth-order valence-corrected chi connectivity index (χ4v) is 3.26. The molecule has 8 nitrogen and oxygen atoms in total.